The lowest BCUT2D eigenvalue weighted by Crippen LogP contribution is -2.03. The van der Waals surface area contributed by atoms with Gasteiger partial charge in [-0.1, -0.05) is 40.2 Å². The average molecular weight is 315 g/mol. The molecule has 0 saturated carbocycles. The molecule has 2 aromatic carbocycles. The van der Waals surface area contributed by atoms with Crippen LogP contribution in [0.5, 0.6) is 0 Å². The predicted molar refractivity (Wildman–Crippen MR) is 82.1 cm³/mol. The minimum atomic E-state index is 0.693. The van der Waals surface area contributed by atoms with Crippen molar-refractivity contribution in [3.63, 3.8) is 0 Å². The Kier molecular flexibility index (Phi) is 4.24. The first-order chi connectivity index (χ1) is 9.11. The average Bonchev–Trinajstić information content (AvgIpc) is 2.38. The van der Waals surface area contributed by atoms with Crippen molar-refractivity contribution in [2.24, 2.45) is 0 Å². The summed E-state index contributed by atoms with van der Waals surface area (Å²) in [6.07, 6.45) is 0. The SMILES string of the molecule is Cc1ccc(CNc2cccc(C)c2C#N)c(Br)c1. The minimum Gasteiger partial charge on any atom is -0.380 e. The summed E-state index contributed by atoms with van der Waals surface area (Å²) in [4.78, 5) is 0. The normalized spacial score (nSPS) is 10.0. The number of anilines is 1. The number of hydrogen-bond donors (Lipinski definition) is 1. The standard InChI is InChI=1S/C16H15BrN2/c1-11-6-7-13(15(17)8-11)10-19-16-5-3-4-12(2)14(16)9-18/h3-8,19H,10H2,1-2H3. The molecule has 3 heteroatoms. The Morgan fingerprint density at radius 2 is 2.00 bits per heavy atom. The van der Waals surface area contributed by atoms with Crippen LogP contribution in [0.2, 0.25) is 0 Å². The molecule has 1 N–H and O–H groups in total. The number of nitriles is 1. The van der Waals surface area contributed by atoms with E-state index in [0.717, 1.165) is 15.7 Å². The zero-order valence-corrected chi connectivity index (χ0v) is 12.6. The molecule has 0 aliphatic rings. The van der Waals surface area contributed by atoms with Gasteiger partial charge < -0.3 is 5.32 Å². The van der Waals surface area contributed by atoms with Crippen molar-refractivity contribution in [1.82, 2.24) is 0 Å². The topological polar surface area (TPSA) is 35.8 Å². The van der Waals surface area contributed by atoms with E-state index in [4.69, 9.17) is 0 Å². The quantitative estimate of drug-likeness (QED) is 0.902. The Bertz CT molecular complexity index is 642. The highest BCUT2D eigenvalue weighted by atomic mass is 79.9. The van der Waals surface area contributed by atoms with Crippen molar-refractivity contribution in [3.05, 3.63) is 63.1 Å². The van der Waals surface area contributed by atoms with Gasteiger partial charge in [-0.15, -0.1) is 0 Å². The first kappa shape index (κ1) is 13.6. The van der Waals surface area contributed by atoms with E-state index >= 15 is 0 Å². The van der Waals surface area contributed by atoms with Gasteiger partial charge in [-0.05, 0) is 42.7 Å². The highest BCUT2D eigenvalue weighted by molar-refractivity contribution is 9.10. The van der Waals surface area contributed by atoms with E-state index in [1.54, 1.807) is 0 Å². The highest BCUT2D eigenvalue weighted by Gasteiger charge is 2.05. The van der Waals surface area contributed by atoms with Crippen molar-refractivity contribution < 1.29 is 0 Å². The number of hydrogen-bond acceptors (Lipinski definition) is 2. The zero-order valence-electron chi connectivity index (χ0n) is 11.0. The van der Waals surface area contributed by atoms with Gasteiger partial charge in [0.1, 0.15) is 6.07 Å². The summed E-state index contributed by atoms with van der Waals surface area (Å²) in [5.74, 6) is 0. The van der Waals surface area contributed by atoms with Crippen LogP contribution in [-0.4, -0.2) is 0 Å². The lowest BCUT2D eigenvalue weighted by atomic mass is 10.1. The number of aryl methyl sites for hydroxylation is 2. The molecule has 2 nitrogen and oxygen atoms in total. The molecule has 0 radical (unpaired) electrons. The molecule has 0 unspecified atom stereocenters. The molecule has 0 aromatic heterocycles. The molecule has 0 fully saturated rings. The Hall–Kier alpha value is -1.79. The van der Waals surface area contributed by atoms with Crippen LogP contribution in [0.15, 0.2) is 40.9 Å². The lowest BCUT2D eigenvalue weighted by molar-refractivity contribution is 1.13. The number of nitrogens with one attached hydrogen (secondary N) is 1. The molecule has 19 heavy (non-hydrogen) atoms. The highest BCUT2D eigenvalue weighted by Crippen LogP contribution is 2.22. The summed E-state index contributed by atoms with van der Waals surface area (Å²) >= 11 is 3.57. The first-order valence-electron chi connectivity index (χ1n) is 6.10. The third-order valence-corrected chi connectivity index (χ3v) is 3.80. The van der Waals surface area contributed by atoms with E-state index in [9.17, 15) is 5.26 Å². The van der Waals surface area contributed by atoms with E-state index in [1.807, 2.05) is 25.1 Å². The van der Waals surface area contributed by atoms with Crippen LogP contribution in [0.3, 0.4) is 0 Å². The van der Waals surface area contributed by atoms with Crippen LogP contribution >= 0.6 is 15.9 Å². The molecule has 0 amide bonds. The summed E-state index contributed by atoms with van der Waals surface area (Å²) in [6, 6.07) is 14.4. The molecule has 0 saturated heterocycles. The fourth-order valence-electron chi connectivity index (χ4n) is 1.95. The van der Waals surface area contributed by atoms with Crippen molar-refractivity contribution >= 4 is 21.6 Å². The number of nitrogens with zero attached hydrogens (tertiary/aromatic N) is 1. The lowest BCUT2D eigenvalue weighted by Gasteiger charge is -2.11. The molecular weight excluding hydrogens is 300 g/mol. The van der Waals surface area contributed by atoms with Gasteiger partial charge in [0, 0.05) is 11.0 Å². The molecule has 0 aliphatic heterocycles. The number of halogens is 1. The Morgan fingerprint density at radius 1 is 1.21 bits per heavy atom. The van der Waals surface area contributed by atoms with Crippen LogP contribution in [-0.2, 0) is 6.54 Å². The molecule has 2 aromatic rings. The minimum absolute atomic E-state index is 0.693. The van der Waals surface area contributed by atoms with Gasteiger partial charge in [-0.25, -0.2) is 0 Å². The smallest absolute Gasteiger partial charge is 0.102 e. The van der Waals surface area contributed by atoms with Crippen molar-refractivity contribution in [1.29, 1.82) is 5.26 Å². The Labute approximate surface area is 122 Å². The number of rotatable bonds is 3. The molecule has 0 atom stereocenters. The van der Waals surface area contributed by atoms with Crippen LogP contribution in [0.4, 0.5) is 5.69 Å². The second-order valence-electron chi connectivity index (χ2n) is 4.56. The van der Waals surface area contributed by atoms with Gasteiger partial charge in [0.25, 0.3) is 0 Å². The maximum atomic E-state index is 9.19. The van der Waals surface area contributed by atoms with Crippen molar-refractivity contribution in [2.45, 2.75) is 20.4 Å². The molecule has 0 aliphatic carbocycles. The van der Waals surface area contributed by atoms with Gasteiger partial charge >= 0.3 is 0 Å². The van der Waals surface area contributed by atoms with E-state index in [0.29, 0.717) is 12.1 Å². The predicted octanol–water partition coefficient (Wildman–Crippen LogP) is 4.55. The molecule has 0 bridgehead atoms. The van der Waals surface area contributed by atoms with Gasteiger partial charge in [-0.2, -0.15) is 5.26 Å². The van der Waals surface area contributed by atoms with Crippen molar-refractivity contribution in [2.75, 3.05) is 5.32 Å². The maximum absolute atomic E-state index is 9.19. The van der Waals surface area contributed by atoms with Crippen molar-refractivity contribution in [3.8, 4) is 6.07 Å². The van der Waals surface area contributed by atoms with Crippen LogP contribution in [0.25, 0.3) is 0 Å². The second kappa shape index (κ2) is 5.90. The van der Waals surface area contributed by atoms with Crippen LogP contribution in [0.1, 0.15) is 22.3 Å². The van der Waals surface area contributed by atoms with Gasteiger partial charge in [0.2, 0.25) is 0 Å². The third-order valence-electron chi connectivity index (χ3n) is 3.06. The summed E-state index contributed by atoms with van der Waals surface area (Å²) in [5.41, 5.74) is 5.00. The van der Waals surface area contributed by atoms with Gasteiger partial charge in [-0.3, -0.25) is 0 Å². The fraction of sp³-hybridized carbons (Fsp3) is 0.188. The maximum Gasteiger partial charge on any atom is 0.102 e. The first-order valence-corrected chi connectivity index (χ1v) is 6.89. The number of benzene rings is 2. The summed E-state index contributed by atoms with van der Waals surface area (Å²) in [6.45, 7) is 4.71. The summed E-state index contributed by atoms with van der Waals surface area (Å²) < 4.78 is 1.09. The summed E-state index contributed by atoms with van der Waals surface area (Å²) in [7, 11) is 0. The Morgan fingerprint density at radius 3 is 2.68 bits per heavy atom. The Balaban J connectivity index is 2.20. The van der Waals surface area contributed by atoms with Gasteiger partial charge in [0.15, 0.2) is 0 Å². The van der Waals surface area contributed by atoms with E-state index in [2.05, 4.69) is 52.4 Å². The van der Waals surface area contributed by atoms with Gasteiger partial charge in [0.05, 0.1) is 11.3 Å². The van der Waals surface area contributed by atoms with Crippen LogP contribution < -0.4 is 5.32 Å². The van der Waals surface area contributed by atoms with E-state index in [1.165, 1.54) is 11.1 Å². The third kappa shape index (κ3) is 3.15. The molecule has 0 heterocycles. The second-order valence-corrected chi connectivity index (χ2v) is 5.41. The zero-order chi connectivity index (χ0) is 13.8. The monoisotopic (exact) mass is 314 g/mol. The fourth-order valence-corrected chi connectivity index (χ4v) is 2.58. The van der Waals surface area contributed by atoms with E-state index in [-0.39, 0.29) is 0 Å². The van der Waals surface area contributed by atoms with E-state index < -0.39 is 0 Å². The largest absolute Gasteiger partial charge is 0.380 e. The molecule has 96 valence electrons. The molecule has 2 rings (SSSR count). The molecule has 0 spiro atoms. The molecular formula is C16H15BrN2. The summed E-state index contributed by atoms with van der Waals surface area (Å²) in [5, 5.41) is 12.5. The van der Waals surface area contributed by atoms with Crippen LogP contribution in [0, 0.1) is 25.2 Å².